The van der Waals surface area contributed by atoms with Gasteiger partial charge in [-0.1, -0.05) is 39.8 Å². The van der Waals surface area contributed by atoms with Gasteiger partial charge in [0.25, 0.3) is 5.91 Å². The number of nitrogens with zero attached hydrogens (tertiary/aromatic N) is 3. The summed E-state index contributed by atoms with van der Waals surface area (Å²) in [4.78, 5) is 18.3. The van der Waals surface area contributed by atoms with Crippen LogP contribution in [0.4, 0.5) is 0 Å². The van der Waals surface area contributed by atoms with Gasteiger partial charge in [-0.25, -0.2) is 4.98 Å². The number of benzene rings is 2. The number of hydrogen-bond donors (Lipinski definition) is 1. The third kappa shape index (κ3) is 5.83. The van der Waals surface area contributed by atoms with Gasteiger partial charge in [-0.2, -0.15) is 5.10 Å². The first kappa shape index (κ1) is 19.4. The van der Waals surface area contributed by atoms with Gasteiger partial charge in [0.15, 0.2) is 5.16 Å². The molecular weight excluding hydrogens is 428 g/mol. The summed E-state index contributed by atoms with van der Waals surface area (Å²) in [6.45, 7) is 0.952. The molecular formula is C19H19BrN4O2S. The summed E-state index contributed by atoms with van der Waals surface area (Å²) < 4.78 is 6.68. The van der Waals surface area contributed by atoms with Crippen LogP contribution in [0.15, 0.2) is 64.5 Å². The number of carbonyl (C=O) groups is 1. The molecule has 0 fully saturated rings. The summed E-state index contributed by atoms with van der Waals surface area (Å²) in [5, 5.41) is 7.41. The minimum Gasteiger partial charge on any atom is -0.492 e. The summed E-state index contributed by atoms with van der Waals surface area (Å²) in [7, 11) is 1.78. The summed E-state index contributed by atoms with van der Waals surface area (Å²) in [6, 6.07) is 15.3. The van der Waals surface area contributed by atoms with Crippen LogP contribution in [0.25, 0.3) is 0 Å². The Labute approximate surface area is 170 Å². The van der Waals surface area contributed by atoms with Crippen molar-refractivity contribution in [1.82, 2.24) is 20.1 Å². The lowest BCUT2D eigenvalue weighted by Crippen LogP contribution is -2.30. The van der Waals surface area contributed by atoms with Gasteiger partial charge in [-0.3, -0.25) is 9.89 Å². The number of ether oxygens (including phenoxy) is 1. The molecule has 0 bridgehead atoms. The van der Waals surface area contributed by atoms with Crippen LogP contribution in [-0.4, -0.2) is 46.2 Å². The number of aromatic amines is 1. The average molecular weight is 447 g/mol. The third-order valence-electron chi connectivity index (χ3n) is 3.83. The molecule has 1 heterocycles. The molecule has 0 aliphatic heterocycles. The predicted octanol–water partition coefficient (Wildman–Crippen LogP) is 4.01. The Morgan fingerprint density at radius 1 is 1.19 bits per heavy atom. The molecule has 0 spiro atoms. The van der Waals surface area contributed by atoms with Crippen molar-refractivity contribution in [2.45, 2.75) is 10.9 Å². The number of aromatic nitrogens is 3. The van der Waals surface area contributed by atoms with Crippen LogP contribution in [0.3, 0.4) is 0 Å². The molecule has 0 aliphatic carbocycles. The normalized spacial score (nSPS) is 10.6. The molecule has 8 heteroatoms. The standard InChI is InChI=1S/C19H19BrN4O2S/c1-24(10-11-26-17-8-6-16(20)7-9-17)18(25)15-4-2-14(3-5-15)12-27-19-21-13-22-23-19/h2-9,13H,10-12H2,1H3,(H,21,22,23). The van der Waals surface area contributed by atoms with Crippen molar-refractivity contribution in [2.75, 3.05) is 20.2 Å². The van der Waals surface area contributed by atoms with Gasteiger partial charge >= 0.3 is 0 Å². The quantitative estimate of drug-likeness (QED) is 0.529. The van der Waals surface area contributed by atoms with Gasteiger partial charge in [0.1, 0.15) is 18.7 Å². The second kappa shape index (κ2) is 9.57. The molecule has 140 valence electrons. The summed E-state index contributed by atoms with van der Waals surface area (Å²) in [5.74, 6) is 1.53. The number of likely N-dealkylation sites (N-methyl/N-ethyl adjacent to an activating group) is 1. The molecule has 6 nitrogen and oxygen atoms in total. The van der Waals surface area contributed by atoms with Gasteiger partial charge < -0.3 is 9.64 Å². The number of hydrogen-bond acceptors (Lipinski definition) is 5. The number of carbonyl (C=O) groups excluding carboxylic acids is 1. The van der Waals surface area contributed by atoms with E-state index in [-0.39, 0.29) is 5.91 Å². The Morgan fingerprint density at radius 2 is 1.93 bits per heavy atom. The van der Waals surface area contributed by atoms with Gasteiger partial charge in [0, 0.05) is 22.8 Å². The van der Waals surface area contributed by atoms with Crippen LogP contribution < -0.4 is 4.74 Å². The topological polar surface area (TPSA) is 71.1 Å². The molecule has 3 rings (SSSR count). The maximum Gasteiger partial charge on any atom is 0.253 e. The predicted molar refractivity (Wildman–Crippen MR) is 109 cm³/mol. The lowest BCUT2D eigenvalue weighted by molar-refractivity contribution is 0.0774. The van der Waals surface area contributed by atoms with Gasteiger partial charge in [-0.05, 0) is 42.0 Å². The second-order valence-electron chi connectivity index (χ2n) is 5.81. The number of nitrogens with one attached hydrogen (secondary N) is 1. The largest absolute Gasteiger partial charge is 0.492 e. The molecule has 2 aromatic carbocycles. The zero-order chi connectivity index (χ0) is 19.1. The smallest absolute Gasteiger partial charge is 0.253 e. The Bertz CT molecular complexity index is 854. The first-order valence-corrected chi connectivity index (χ1v) is 10.1. The van der Waals surface area contributed by atoms with E-state index < -0.39 is 0 Å². The van der Waals surface area contributed by atoms with Crippen LogP contribution >= 0.6 is 27.7 Å². The lowest BCUT2D eigenvalue weighted by Gasteiger charge is -2.17. The number of amides is 1. The van der Waals surface area contributed by atoms with E-state index in [1.54, 1.807) is 23.7 Å². The van der Waals surface area contributed by atoms with E-state index in [2.05, 4.69) is 31.1 Å². The molecule has 0 radical (unpaired) electrons. The number of rotatable bonds is 8. The Morgan fingerprint density at radius 3 is 2.59 bits per heavy atom. The summed E-state index contributed by atoms with van der Waals surface area (Å²) >= 11 is 4.96. The van der Waals surface area contributed by atoms with Crippen LogP contribution in [0.2, 0.25) is 0 Å². The first-order chi connectivity index (χ1) is 13.1. The SMILES string of the molecule is CN(CCOc1ccc(Br)cc1)C(=O)c1ccc(CSc2ncn[nH]2)cc1. The zero-order valence-electron chi connectivity index (χ0n) is 14.8. The molecule has 1 amide bonds. The van der Waals surface area contributed by atoms with E-state index >= 15 is 0 Å². The summed E-state index contributed by atoms with van der Waals surface area (Å²) in [5.41, 5.74) is 1.78. The molecule has 1 N–H and O–H groups in total. The van der Waals surface area contributed by atoms with E-state index in [1.807, 2.05) is 48.5 Å². The molecule has 3 aromatic rings. The third-order valence-corrected chi connectivity index (χ3v) is 5.30. The summed E-state index contributed by atoms with van der Waals surface area (Å²) in [6.07, 6.45) is 1.49. The Hall–Kier alpha value is -2.32. The lowest BCUT2D eigenvalue weighted by atomic mass is 10.1. The number of H-pyrrole nitrogens is 1. The number of thioether (sulfide) groups is 1. The fourth-order valence-electron chi connectivity index (χ4n) is 2.31. The minimum absolute atomic E-state index is 0.0242. The van der Waals surface area contributed by atoms with Crippen LogP contribution in [0, 0.1) is 0 Å². The maximum atomic E-state index is 12.5. The van der Waals surface area contributed by atoms with Crippen molar-refractivity contribution in [2.24, 2.45) is 0 Å². The molecule has 0 saturated carbocycles. The van der Waals surface area contributed by atoms with Crippen LogP contribution in [0.5, 0.6) is 5.75 Å². The maximum absolute atomic E-state index is 12.5. The molecule has 27 heavy (non-hydrogen) atoms. The van der Waals surface area contributed by atoms with Crippen molar-refractivity contribution in [3.8, 4) is 5.75 Å². The van der Waals surface area contributed by atoms with E-state index in [9.17, 15) is 4.79 Å². The Kier molecular flexibility index (Phi) is 6.89. The van der Waals surface area contributed by atoms with Gasteiger partial charge in [-0.15, -0.1) is 0 Å². The van der Waals surface area contributed by atoms with Crippen LogP contribution in [0.1, 0.15) is 15.9 Å². The van der Waals surface area contributed by atoms with Crippen molar-refractivity contribution in [3.63, 3.8) is 0 Å². The molecule has 0 atom stereocenters. The number of halogens is 1. The fraction of sp³-hybridized carbons (Fsp3) is 0.211. The van der Waals surface area contributed by atoms with Crippen LogP contribution in [-0.2, 0) is 5.75 Å². The van der Waals surface area contributed by atoms with E-state index in [1.165, 1.54) is 6.33 Å². The van der Waals surface area contributed by atoms with E-state index in [0.29, 0.717) is 18.7 Å². The van der Waals surface area contributed by atoms with Crippen molar-refractivity contribution in [3.05, 3.63) is 70.5 Å². The van der Waals surface area contributed by atoms with Gasteiger partial charge in [0.2, 0.25) is 0 Å². The highest BCUT2D eigenvalue weighted by atomic mass is 79.9. The fourth-order valence-corrected chi connectivity index (χ4v) is 3.31. The highest BCUT2D eigenvalue weighted by molar-refractivity contribution is 9.10. The van der Waals surface area contributed by atoms with E-state index in [0.717, 1.165) is 26.7 Å². The average Bonchev–Trinajstić information content (AvgIpc) is 3.21. The monoisotopic (exact) mass is 446 g/mol. The highest BCUT2D eigenvalue weighted by Gasteiger charge is 2.11. The van der Waals surface area contributed by atoms with Crippen molar-refractivity contribution < 1.29 is 9.53 Å². The van der Waals surface area contributed by atoms with Crippen molar-refractivity contribution >= 4 is 33.6 Å². The molecule has 1 aromatic heterocycles. The molecule has 0 unspecified atom stereocenters. The van der Waals surface area contributed by atoms with E-state index in [4.69, 9.17) is 4.74 Å². The first-order valence-electron chi connectivity index (χ1n) is 8.33. The molecule has 0 aliphatic rings. The second-order valence-corrected chi connectivity index (χ2v) is 7.69. The van der Waals surface area contributed by atoms with Gasteiger partial charge in [0.05, 0.1) is 6.54 Å². The van der Waals surface area contributed by atoms with Crippen molar-refractivity contribution in [1.29, 1.82) is 0 Å². The minimum atomic E-state index is -0.0242. The highest BCUT2D eigenvalue weighted by Crippen LogP contribution is 2.19. The zero-order valence-corrected chi connectivity index (χ0v) is 17.2. The molecule has 0 saturated heterocycles. The Balaban J connectivity index is 1.46.